The number of carbonyl (C=O) groups is 2. The van der Waals surface area contributed by atoms with Crippen LogP contribution in [0.4, 0.5) is 0 Å². The van der Waals surface area contributed by atoms with E-state index in [0.717, 1.165) is 27.9 Å². The van der Waals surface area contributed by atoms with Gasteiger partial charge >= 0.3 is 5.97 Å². The summed E-state index contributed by atoms with van der Waals surface area (Å²) < 4.78 is 5.63. The van der Waals surface area contributed by atoms with E-state index < -0.39 is 5.97 Å². The molecule has 0 atom stereocenters. The van der Waals surface area contributed by atoms with Crippen molar-refractivity contribution in [2.45, 2.75) is 26.8 Å². The molecule has 1 N–H and O–H groups in total. The lowest BCUT2D eigenvalue weighted by atomic mass is 9.91. The normalized spacial score (nSPS) is 10.5. The highest BCUT2D eigenvalue weighted by Crippen LogP contribution is 2.37. The van der Waals surface area contributed by atoms with Crippen LogP contribution in [-0.4, -0.2) is 40.5 Å². The minimum Gasteiger partial charge on any atom is -0.496 e. The van der Waals surface area contributed by atoms with E-state index in [2.05, 4.69) is 4.98 Å². The number of amides is 1. The van der Waals surface area contributed by atoms with Crippen molar-refractivity contribution in [2.24, 2.45) is 0 Å². The van der Waals surface area contributed by atoms with Gasteiger partial charge in [0.1, 0.15) is 5.75 Å². The van der Waals surface area contributed by atoms with Crippen molar-refractivity contribution in [1.82, 2.24) is 9.88 Å². The van der Waals surface area contributed by atoms with E-state index in [0.29, 0.717) is 24.4 Å². The zero-order chi connectivity index (χ0) is 22.4. The van der Waals surface area contributed by atoms with E-state index >= 15 is 0 Å². The second kappa shape index (κ2) is 9.89. The van der Waals surface area contributed by atoms with Gasteiger partial charge in [-0.05, 0) is 41.8 Å². The summed E-state index contributed by atoms with van der Waals surface area (Å²) in [5, 5.41) is 9.42. The van der Waals surface area contributed by atoms with E-state index in [9.17, 15) is 14.7 Å². The molecule has 3 aromatic rings. The number of ether oxygens (including phenoxy) is 1. The molecule has 1 amide bonds. The average Bonchev–Trinajstić information content (AvgIpc) is 2.78. The van der Waals surface area contributed by atoms with Crippen molar-refractivity contribution in [3.05, 3.63) is 71.9 Å². The minimum atomic E-state index is -0.922. The monoisotopic (exact) mass is 418 g/mol. The zero-order valence-corrected chi connectivity index (χ0v) is 18.0. The molecule has 6 nitrogen and oxygen atoms in total. The van der Waals surface area contributed by atoms with Gasteiger partial charge in [0, 0.05) is 37.3 Å². The first-order valence-corrected chi connectivity index (χ1v) is 10.1. The third-order valence-corrected chi connectivity index (χ3v) is 5.24. The summed E-state index contributed by atoms with van der Waals surface area (Å²) in [5.41, 5.74) is 4.98. The van der Waals surface area contributed by atoms with Crippen LogP contribution in [0.5, 0.6) is 5.75 Å². The summed E-state index contributed by atoms with van der Waals surface area (Å²) in [7, 11) is 1.59. The molecule has 0 spiro atoms. The van der Waals surface area contributed by atoms with Crippen molar-refractivity contribution in [1.29, 1.82) is 0 Å². The smallest absolute Gasteiger partial charge is 0.307 e. The van der Waals surface area contributed by atoms with Crippen molar-refractivity contribution in [3.8, 4) is 28.1 Å². The van der Waals surface area contributed by atoms with Crippen LogP contribution in [0, 0.1) is 0 Å². The third-order valence-electron chi connectivity index (χ3n) is 5.24. The fraction of sp³-hybridized carbons (Fsp3) is 0.240. The van der Waals surface area contributed by atoms with Gasteiger partial charge in [0.25, 0.3) is 0 Å². The van der Waals surface area contributed by atoms with Gasteiger partial charge in [-0.25, -0.2) is 0 Å². The van der Waals surface area contributed by atoms with Gasteiger partial charge in [-0.15, -0.1) is 0 Å². The van der Waals surface area contributed by atoms with E-state index in [1.807, 2.05) is 49.4 Å². The third kappa shape index (κ3) is 5.09. The maximum Gasteiger partial charge on any atom is 0.307 e. The molecule has 3 rings (SSSR count). The highest BCUT2D eigenvalue weighted by Gasteiger charge is 2.20. The molecule has 1 aromatic heterocycles. The van der Waals surface area contributed by atoms with Crippen LogP contribution in [0.15, 0.2) is 60.8 Å². The summed E-state index contributed by atoms with van der Waals surface area (Å²) >= 11 is 0. The maximum atomic E-state index is 12.1. The average molecular weight is 418 g/mol. The van der Waals surface area contributed by atoms with Gasteiger partial charge in [-0.2, -0.15) is 0 Å². The van der Waals surface area contributed by atoms with Gasteiger partial charge in [-0.1, -0.05) is 36.4 Å². The first-order chi connectivity index (χ1) is 14.9. The summed E-state index contributed by atoms with van der Waals surface area (Å²) in [6.07, 6.45) is 1.62. The molecule has 0 saturated carbocycles. The van der Waals surface area contributed by atoms with Gasteiger partial charge in [0.05, 0.1) is 19.2 Å². The van der Waals surface area contributed by atoms with Crippen LogP contribution in [0.25, 0.3) is 22.4 Å². The van der Waals surface area contributed by atoms with Gasteiger partial charge < -0.3 is 14.7 Å². The molecule has 0 unspecified atom stereocenters. The Kier molecular flexibility index (Phi) is 7.03. The van der Waals surface area contributed by atoms with Crippen LogP contribution in [0.2, 0.25) is 0 Å². The predicted octanol–water partition coefficient (Wildman–Crippen LogP) is 4.42. The highest BCUT2D eigenvalue weighted by molar-refractivity contribution is 5.81. The number of aliphatic carboxylic acids is 1. The van der Waals surface area contributed by atoms with Crippen LogP contribution in [0.1, 0.15) is 25.0 Å². The van der Waals surface area contributed by atoms with E-state index in [-0.39, 0.29) is 12.3 Å². The molecule has 160 valence electrons. The molecule has 0 fully saturated rings. The fourth-order valence-electron chi connectivity index (χ4n) is 3.64. The van der Waals surface area contributed by atoms with E-state index in [1.165, 1.54) is 6.92 Å². The quantitative estimate of drug-likeness (QED) is 0.586. The number of hydrogen-bond acceptors (Lipinski definition) is 4. The van der Waals surface area contributed by atoms with Crippen molar-refractivity contribution < 1.29 is 19.4 Å². The summed E-state index contributed by atoms with van der Waals surface area (Å²) in [6.45, 7) is 4.25. The molecule has 0 bridgehead atoms. The lowest BCUT2D eigenvalue weighted by Gasteiger charge is -2.24. The molecular formula is C25H26N2O4. The van der Waals surface area contributed by atoms with Crippen molar-refractivity contribution in [3.63, 3.8) is 0 Å². The Labute approximate surface area is 182 Å². The van der Waals surface area contributed by atoms with Gasteiger partial charge in [-0.3, -0.25) is 14.6 Å². The topological polar surface area (TPSA) is 79.7 Å². The van der Waals surface area contributed by atoms with Crippen LogP contribution < -0.4 is 4.74 Å². The number of methoxy groups -OCH3 is 1. The number of aromatic nitrogens is 1. The maximum absolute atomic E-state index is 12.1. The number of rotatable bonds is 8. The number of pyridine rings is 1. The SMILES string of the molecule is CCN(Cc1c(CC(=O)O)ccc(OC)c1-c1ccc(-c2ccccn2)cc1)C(C)=O. The molecule has 0 aliphatic rings. The Morgan fingerprint density at radius 3 is 2.29 bits per heavy atom. The molecule has 0 saturated heterocycles. The highest BCUT2D eigenvalue weighted by atomic mass is 16.5. The molecule has 31 heavy (non-hydrogen) atoms. The number of nitrogens with zero attached hydrogens (tertiary/aromatic N) is 2. The number of hydrogen-bond donors (Lipinski definition) is 1. The first-order valence-electron chi connectivity index (χ1n) is 10.1. The second-order valence-electron chi connectivity index (χ2n) is 7.18. The van der Waals surface area contributed by atoms with E-state index in [1.54, 1.807) is 30.3 Å². The number of carboxylic acid groups (broad SMARTS) is 1. The van der Waals surface area contributed by atoms with Gasteiger partial charge in [0.2, 0.25) is 5.91 Å². The molecular weight excluding hydrogens is 392 g/mol. The molecule has 2 aromatic carbocycles. The zero-order valence-electron chi connectivity index (χ0n) is 18.0. The molecule has 1 heterocycles. The van der Waals surface area contributed by atoms with Crippen molar-refractivity contribution >= 4 is 11.9 Å². The largest absolute Gasteiger partial charge is 0.496 e. The summed E-state index contributed by atoms with van der Waals surface area (Å²) in [6, 6.07) is 17.2. The molecule has 0 aliphatic carbocycles. The molecule has 0 aliphatic heterocycles. The number of carboxylic acids is 1. The van der Waals surface area contributed by atoms with Crippen LogP contribution >= 0.6 is 0 Å². The number of carbonyl (C=O) groups excluding carboxylic acids is 1. The Balaban J connectivity index is 2.14. The Bertz CT molecular complexity index is 1060. The Hall–Kier alpha value is -3.67. The fourth-order valence-corrected chi connectivity index (χ4v) is 3.64. The van der Waals surface area contributed by atoms with Crippen LogP contribution in [0.3, 0.4) is 0 Å². The summed E-state index contributed by atoms with van der Waals surface area (Å²) in [5.74, 6) is -0.355. The minimum absolute atomic E-state index is 0.0666. The lowest BCUT2D eigenvalue weighted by Crippen LogP contribution is -2.28. The lowest BCUT2D eigenvalue weighted by molar-refractivity contribution is -0.136. The standard InChI is InChI=1S/C25H26N2O4/c1-4-27(17(2)28)16-21-20(15-24(29)30)12-13-23(31-3)25(21)19-10-8-18(9-11-19)22-7-5-6-14-26-22/h5-14H,4,15-16H2,1-3H3,(H,29,30). The first kappa shape index (κ1) is 22.0. The second-order valence-corrected chi connectivity index (χ2v) is 7.18. The predicted molar refractivity (Wildman–Crippen MR) is 120 cm³/mol. The van der Waals surface area contributed by atoms with E-state index in [4.69, 9.17) is 4.74 Å². The Morgan fingerprint density at radius 2 is 1.74 bits per heavy atom. The summed E-state index contributed by atoms with van der Waals surface area (Å²) in [4.78, 5) is 29.7. The van der Waals surface area contributed by atoms with Gasteiger partial charge in [0.15, 0.2) is 0 Å². The number of benzene rings is 2. The Morgan fingerprint density at radius 1 is 1.03 bits per heavy atom. The molecule has 0 radical (unpaired) electrons. The van der Waals surface area contributed by atoms with Crippen molar-refractivity contribution in [2.75, 3.05) is 13.7 Å². The molecule has 6 heteroatoms. The van der Waals surface area contributed by atoms with Crippen LogP contribution in [-0.2, 0) is 22.6 Å².